The summed E-state index contributed by atoms with van der Waals surface area (Å²) in [6, 6.07) is 3.34. The molecule has 2 aromatic heterocycles. The lowest BCUT2D eigenvalue weighted by atomic mass is 9.76. The van der Waals surface area contributed by atoms with E-state index in [4.69, 9.17) is 5.73 Å². The molecule has 0 bridgehead atoms. The zero-order chi connectivity index (χ0) is 18.5. The zero-order valence-electron chi connectivity index (χ0n) is 14.5. The highest BCUT2D eigenvalue weighted by atomic mass is 32.2. The molecule has 3 heterocycles. The standard InChI is InChI=1S/C17H21N5O3S/c1-26(24,25)11-2-3-13(19-10-11)22-8-6-17(7-9-22)5-4-12-14(17)20-16(18)21-15(12)23/h2-3,10H,4-9H2,1H3,(H3,18,20,21,23). The van der Waals surface area contributed by atoms with Gasteiger partial charge in [0, 0.05) is 36.5 Å². The maximum absolute atomic E-state index is 12.1. The van der Waals surface area contributed by atoms with Crippen LogP contribution in [0.3, 0.4) is 0 Å². The van der Waals surface area contributed by atoms with E-state index in [2.05, 4.69) is 19.9 Å². The predicted molar refractivity (Wildman–Crippen MR) is 98.1 cm³/mol. The van der Waals surface area contributed by atoms with Crippen LogP contribution in [0.5, 0.6) is 0 Å². The molecule has 0 unspecified atom stereocenters. The largest absolute Gasteiger partial charge is 0.369 e. The Morgan fingerprint density at radius 3 is 2.58 bits per heavy atom. The van der Waals surface area contributed by atoms with Gasteiger partial charge in [0.25, 0.3) is 5.56 Å². The number of sulfone groups is 1. The number of rotatable bonds is 2. The van der Waals surface area contributed by atoms with Crippen LogP contribution in [0.4, 0.5) is 11.8 Å². The third kappa shape index (κ3) is 2.76. The smallest absolute Gasteiger partial charge is 0.255 e. The lowest BCUT2D eigenvalue weighted by Crippen LogP contribution is -2.42. The SMILES string of the molecule is CS(=O)(=O)c1ccc(N2CCC3(CCc4c3nc(N)[nH]c4=O)CC2)nc1. The van der Waals surface area contributed by atoms with Crippen LogP contribution in [0.15, 0.2) is 28.0 Å². The Labute approximate surface area is 151 Å². The van der Waals surface area contributed by atoms with Crippen molar-refractivity contribution < 1.29 is 8.42 Å². The molecule has 2 aromatic rings. The van der Waals surface area contributed by atoms with Gasteiger partial charge in [-0.05, 0) is 37.8 Å². The number of anilines is 2. The number of piperidine rings is 1. The van der Waals surface area contributed by atoms with Gasteiger partial charge in [0.15, 0.2) is 9.84 Å². The number of aromatic amines is 1. The highest BCUT2D eigenvalue weighted by molar-refractivity contribution is 7.90. The Hall–Kier alpha value is -2.42. The Balaban J connectivity index is 1.55. The molecule has 0 radical (unpaired) electrons. The van der Waals surface area contributed by atoms with Crippen molar-refractivity contribution in [2.45, 2.75) is 36.0 Å². The second-order valence-electron chi connectivity index (χ2n) is 7.17. The molecule has 0 aromatic carbocycles. The fourth-order valence-corrected chi connectivity index (χ4v) is 4.66. The quantitative estimate of drug-likeness (QED) is 0.789. The van der Waals surface area contributed by atoms with Gasteiger partial charge in [-0.1, -0.05) is 0 Å². The average Bonchev–Trinajstić information content (AvgIpc) is 2.94. The molecule has 26 heavy (non-hydrogen) atoms. The van der Waals surface area contributed by atoms with E-state index in [1.807, 2.05) is 0 Å². The monoisotopic (exact) mass is 375 g/mol. The molecule has 1 aliphatic carbocycles. The van der Waals surface area contributed by atoms with Crippen molar-refractivity contribution in [2.24, 2.45) is 0 Å². The van der Waals surface area contributed by atoms with E-state index >= 15 is 0 Å². The van der Waals surface area contributed by atoms with E-state index < -0.39 is 9.84 Å². The third-order valence-corrected chi connectivity index (χ3v) is 6.68. The second-order valence-corrected chi connectivity index (χ2v) is 9.19. The van der Waals surface area contributed by atoms with E-state index in [-0.39, 0.29) is 21.8 Å². The van der Waals surface area contributed by atoms with Crippen LogP contribution in [0.2, 0.25) is 0 Å². The van der Waals surface area contributed by atoms with Crippen molar-refractivity contribution in [1.82, 2.24) is 15.0 Å². The maximum atomic E-state index is 12.1. The summed E-state index contributed by atoms with van der Waals surface area (Å²) in [6.07, 6.45) is 5.96. The molecule has 8 nitrogen and oxygen atoms in total. The number of hydrogen-bond donors (Lipinski definition) is 2. The molecule has 1 fully saturated rings. The minimum absolute atomic E-state index is 0.0963. The van der Waals surface area contributed by atoms with Gasteiger partial charge in [0.05, 0.1) is 10.6 Å². The lowest BCUT2D eigenvalue weighted by Gasteiger charge is -2.39. The van der Waals surface area contributed by atoms with Crippen molar-refractivity contribution in [1.29, 1.82) is 0 Å². The number of fused-ring (bicyclic) bond motifs is 2. The fourth-order valence-electron chi connectivity index (χ4n) is 4.10. The van der Waals surface area contributed by atoms with Gasteiger partial charge in [0.1, 0.15) is 5.82 Å². The van der Waals surface area contributed by atoms with Crippen molar-refractivity contribution >= 4 is 21.6 Å². The van der Waals surface area contributed by atoms with E-state index in [0.29, 0.717) is 0 Å². The first kappa shape index (κ1) is 17.0. The minimum atomic E-state index is -3.24. The van der Waals surface area contributed by atoms with Crippen LogP contribution < -0.4 is 16.2 Å². The highest BCUT2D eigenvalue weighted by Crippen LogP contribution is 2.44. The Kier molecular flexibility index (Phi) is 3.80. The number of H-pyrrole nitrogens is 1. The third-order valence-electron chi connectivity index (χ3n) is 5.58. The number of nitrogens with zero attached hydrogens (tertiary/aromatic N) is 3. The fraction of sp³-hybridized carbons (Fsp3) is 0.471. The molecule has 0 saturated carbocycles. The van der Waals surface area contributed by atoms with Crippen LogP contribution >= 0.6 is 0 Å². The first-order valence-electron chi connectivity index (χ1n) is 8.59. The van der Waals surface area contributed by atoms with Crippen molar-refractivity contribution in [3.8, 4) is 0 Å². The van der Waals surface area contributed by atoms with Gasteiger partial charge in [-0.2, -0.15) is 0 Å². The summed E-state index contributed by atoms with van der Waals surface area (Å²) in [4.78, 5) is 25.8. The summed E-state index contributed by atoms with van der Waals surface area (Å²) >= 11 is 0. The molecule has 3 N–H and O–H groups in total. The molecule has 138 valence electrons. The summed E-state index contributed by atoms with van der Waals surface area (Å²) in [5.74, 6) is 0.944. The molecule has 1 saturated heterocycles. The van der Waals surface area contributed by atoms with Crippen LogP contribution in [-0.4, -0.2) is 42.7 Å². The lowest BCUT2D eigenvalue weighted by molar-refractivity contribution is 0.322. The normalized spacial score (nSPS) is 18.9. The summed E-state index contributed by atoms with van der Waals surface area (Å²) < 4.78 is 23.1. The number of pyridine rings is 1. The molecule has 1 spiro atoms. The Morgan fingerprint density at radius 1 is 1.23 bits per heavy atom. The van der Waals surface area contributed by atoms with Crippen molar-refractivity contribution in [3.63, 3.8) is 0 Å². The Bertz CT molecular complexity index is 1010. The number of hydrogen-bond acceptors (Lipinski definition) is 7. The zero-order valence-corrected chi connectivity index (χ0v) is 15.3. The molecular formula is C17H21N5O3S. The van der Waals surface area contributed by atoms with E-state index in [9.17, 15) is 13.2 Å². The van der Waals surface area contributed by atoms with Crippen LogP contribution in [-0.2, 0) is 21.7 Å². The molecule has 0 atom stereocenters. The summed E-state index contributed by atoms with van der Waals surface area (Å²) in [7, 11) is -3.24. The first-order chi connectivity index (χ1) is 12.3. The average molecular weight is 375 g/mol. The van der Waals surface area contributed by atoms with Gasteiger partial charge < -0.3 is 10.6 Å². The molecular weight excluding hydrogens is 354 g/mol. The van der Waals surface area contributed by atoms with Crippen molar-refractivity contribution in [2.75, 3.05) is 30.0 Å². The second kappa shape index (κ2) is 5.80. The minimum Gasteiger partial charge on any atom is -0.369 e. The Morgan fingerprint density at radius 2 is 1.96 bits per heavy atom. The van der Waals surface area contributed by atoms with E-state index in [1.54, 1.807) is 12.1 Å². The van der Waals surface area contributed by atoms with Crippen LogP contribution in [0, 0.1) is 0 Å². The van der Waals surface area contributed by atoms with Crippen LogP contribution in [0.25, 0.3) is 0 Å². The summed E-state index contributed by atoms with van der Waals surface area (Å²) in [6.45, 7) is 1.55. The van der Waals surface area contributed by atoms with Crippen LogP contribution in [0.1, 0.15) is 30.5 Å². The highest BCUT2D eigenvalue weighted by Gasteiger charge is 2.44. The molecule has 2 aliphatic rings. The van der Waals surface area contributed by atoms with Gasteiger partial charge in [0.2, 0.25) is 5.95 Å². The summed E-state index contributed by atoms with van der Waals surface area (Å²) in [5, 5.41) is 0. The molecule has 4 rings (SSSR count). The van der Waals surface area contributed by atoms with E-state index in [0.717, 1.165) is 55.8 Å². The van der Waals surface area contributed by atoms with Gasteiger partial charge in [-0.3, -0.25) is 9.78 Å². The number of nitrogen functional groups attached to an aromatic ring is 1. The number of aromatic nitrogens is 3. The van der Waals surface area contributed by atoms with Crippen molar-refractivity contribution in [3.05, 3.63) is 39.9 Å². The van der Waals surface area contributed by atoms with Gasteiger partial charge in [-0.15, -0.1) is 0 Å². The molecule has 1 aliphatic heterocycles. The predicted octanol–water partition coefficient (Wildman–Crippen LogP) is 0.635. The molecule has 0 amide bonds. The summed E-state index contributed by atoms with van der Waals surface area (Å²) in [5.41, 5.74) is 7.16. The first-order valence-corrected chi connectivity index (χ1v) is 10.5. The van der Waals surface area contributed by atoms with E-state index in [1.165, 1.54) is 12.5 Å². The number of nitrogens with one attached hydrogen (secondary N) is 1. The van der Waals surface area contributed by atoms with Gasteiger partial charge >= 0.3 is 0 Å². The number of nitrogens with two attached hydrogens (primary N) is 1. The van der Waals surface area contributed by atoms with Gasteiger partial charge in [-0.25, -0.2) is 18.4 Å². The molecule has 9 heteroatoms. The maximum Gasteiger partial charge on any atom is 0.255 e. The topological polar surface area (TPSA) is 122 Å².